The molecule has 2 fully saturated rings. The van der Waals surface area contributed by atoms with Gasteiger partial charge >= 0.3 is 0 Å². The fourth-order valence-electron chi connectivity index (χ4n) is 5.53. The van der Waals surface area contributed by atoms with Crippen LogP contribution < -0.4 is 0 Å². The smallest absolute Gasteiger partial charge is 0.253 e. The zero-order chi connectivity index (χ0) is 21.4. The fourth-order valence-corrected chi connectivity index (χ4v) is 5.53. The molecule has 1 amide bonds. The normalized spacial score (nSPS) is 18.6. The first-order valence-electron chi connectivity index (χ1n) is 11.7. The zero-order valence-electron chi connectivity index (χ0n) is 18.6. The molecule has 162 valence electrons. The lowest BCUT2D eigenvalue weighted by molar-refractivity contribution is 0.0598. The molecule has 5 rings (SSSR count). The van der Waals surface area contributed by atoms with Crippen molar-refractivity contribution in [2.75, 3.05) is 20.1 Å². The van der Waals surface area contributed by atoms with E-state index >= 15 is 0 Å². The number of aromatic nitrogens is 2. The van der Waals surface area contributed by atoms with E-state index in [0.717, 1.165) is 60.1 Å². The number of carbonyl (C=O) groups excluding carboxylic acids is 1. The number of hydrogen-bond donors (Lipinski definition) is 0. The maximum Gasteiger partial charge on any atom is 0.253 e. The Kier molecular flexibility index (Phi) is 5.53. The van der Waals surface area contributed by atoms with Crippen molar-refractivity contribution in [3.8, 4) is 5.69 Å². The lowest BCUT2D eigenvalue weighted by Crippen LogP contribution is -2.48. The van der Waals surface area contributed by atoms with Gasteiger partial charge in [-0.25, -0.2) is 4.98 Å². The summed E-state index contributed by atoms with van der Waals surface area (Å²) in [5, 5.41) is 0. The third kappa shape index (κ3) is 3.87. The summed E-state index contributed by atoms with van der Waals surface area (Å²) in [6, 6.07) is 17.2. The van der Waals surface area contributed by atoms with Crippen molar-refractivity contribution in [3.05, 3.63) is 59.9 Å². The molecule has 0 spiro atoms. The van der Waals surface area contributed by atoms with Crippen molar-refractivity contribution in [3.63, 3.8) is 0 Å². The minimum Gasteiger partial charge on any atom is -0.339 e. The van der Waals surface area contributed by atoms with Gasteiger partial charge < -0.3 is 9.80 Å². The first kappa shape index (κ1) is 20.3. The number of amides is 1. The van der Waals surface area contributed by atoms with Gasteiger partial charge in [-0.3, -0.25) is 9.36 Å². The van der Waals surface area contributed by atoms with E-state index in [1.165, 1.54) is 25.7 Å². The molecule has 1 saturated carbocycles. The highest BCUT2D eigenvalue weighted by molar-refractivity contribution is 5.95. The highest BCUT2D eigenvalue weighted by Crippen LogP contribution is 2.28. The average Bonchev–Trinajstić information content (AvgIpc) is 3.45. The monoisotopic (exact) mass is 416 g/mol. The molecular formula is C26H32N4O. The van der Waals surface area contributed by atoms with Gasteiger partial charge in [-0.05, 0) is 62.9 Å². The number of likely N-dealkylation sites (tertiary alicyclic amines) is 1. The van der Waals surface area contributed by atoms with Crippen molar-refractivity contribution < 1.29 is 4.79 Å². The van der Waals surface area contributed by atoms with Crippen LogP contribution in [0.15, 0.2) is 48.5 Å². The number of piperidine rings is 1. The Morgan fingerprint density at radius 3 is 2.52 bits per heavy atom. The van der Waals surface area contributed by atoms with E-state index in [9.17, 15) is 4.79 Å². The predicted molar refractivity (Wildman–Crippen MR) is 125 cm³/mol. The molecule has 31 heavy (non-hydrogen) atoms. The fraction of sp³-hybridized carbons (Fsp3) is 0.462. The van der Waals surface area contributed by atoms with E-state index in [4.69, 9.17) is 0 Å². The number of nitrogens with zero attached hydrogens (tertiary/aromatic N) is 4. The summed E-state index contributed by atoms with van der Waals surface area (Å²) in [4.78, 5) is 22.7. The molecule has 0 N–H and O–H groups in total. The number of hydrogen-bond acceptors (Lipinski definition) is 3. The minimum absolute atomic E-state index is 0.114. The van der Waals surface area contributed by atoms with Gasteiger partial charge in [-0.1, -0.05) is 31.0 Å². The minimum atomic E-state index is 0.114. The Bertz CT molecular complexity index is 1070. The van der Waals surface area contributed by atoms with Crippen molar-refractivity contribution in [1.82, 2.24) is 19.4 Å². The molecule has 2 aromatic carbocycles. The van der Waals surface area contributed by atoms with E-state index in [1.807, 2.05) is 55.3 Å². The number of benzene rings is 2. The lowest BCUT2D eigenvalue weighted by atomic mass is 10.0. The van der Waals surface area contributed by atoms with E-state index in [-0.39, 0.29) is 5.91 Å². The molecule has 5 heteroatoms. The van der Waals surface area contributed by atoms with Crippen LogP contribution in [0.2, 0.25) is 0 Å². The summed E-state index contributed by atoms with van der Waals surface area (Å²) >= 11 is 0. The number of imidazole rings is 1. The van der Waals surface area contributed by atoms with Crippen LogP contribution in [0.1, 0.15) is 54.7 Å². The second kappa shape index (κ2) is 8.46. The molecular weight excluding hydrogens is 384 g/mol. The summed E-state index contributed by atoms with van der Waals surface area (Å²) in [6.07, 6.45) is 7.62. The quantitative estimate of drug-likeness (QED) is 0.613. The zero-order valence-corrected chi connectivity index (χ0v) is 18.6. The summed E-state index contributed by atoms with van der Waals surface area (Å²) < 4.78 is 2.13. The molecule has 1 saturated heterocycles. The topological polar surface area (TPSA) is 41.4 Å². The third-order valence-corrected chi connectivity index (χ3v) is 7.29. The van der Waals surface area contributed by atoms with Crippen molar-refractivity contribution in [2.24, 2.45) is 0 Å². The molecule has 0 unspecified atom stereocenters. The summed E-state index contributed by atoms with van der Waals surface area (Å²) in [5.41, 5.74) is 3.78. The van der Waals surface area contributed by atoms with E-state index in [2.05, 4.69) is 26.6 Å². The largest absolute Gasteiger partial charge is 0.339 e. The van der Waals surface area contributed by atoms with Crippen LogP contribution in [0.3, 0.4) is 0 Å². The van der Waals surface area contributed by atoms with Crippen LogP contribution in [0.4, 0.5) is 0 Å². The average molecular weight is 417 g/mol. The van der Waals surface area contributed by atoms with Crippen LogP contribution in [0, 0.1) is 6.92 Å². The van der Waals surface area contributed by atoms with Gasteiger partial charge in [-0.15, -0.1) is 0 Å². The van der Waals surface area contributed by atoms with Crippen molar-refractivity contribution in [2.45, 2.75) is 57.5 Å². The van der Waals surface area contributed by atoms with Gasteiger partial charge in [0.2, 0.25) is 0 Å². The van der Waals surface area contributed by atoms with Crippen molar-refractivity contribution >= 4 is 16.9 Å². The Morgan fingerprint density at radius 2 is 1.74 bits per heavy atom. The Morgan fingerprint density at radius 1 is 1.00 bits per heavy atom. The Hall–Kier alpha value is -2.66. The lowest BCUT2D eigenvalue weighted by Gasteiger charge is -2.39. The molecule has 2 heterocycles. The molecule has 2 aliphatic rings. The number of para-hydroxylation sites is 2. The summed E-state index contributed by atoms with van der Waals surface area (Å²) in [6.45, 7) is 4.25. The molecule has 0 atom stereocenters. The highest BCUT2D eigenvalue weighted by Gasteiger charge is 2.30. The van der Waals surface area contributed by atoms with E-state index < -0.39 is 0 Å². The van der Waals surface area contributed by atoms with Crippen LogP contribution >= 0.6 is 0 Å². The summed E-state index contributed by atoms with van der Waals surface area (Å²) in [5.74, 6) is 1.04. The predicted octanol–water partition coefficient (Wildman–Crippen LogP) is 4.81. The molecule has 0 radical (unpaired) electrons. The maximum absolute atomic E-state index is 13.3. The van der Waals surface area contributed by atoms with Crippen molar-refractivity contribution in [1.29, 1.82) is 0 Å². The maximum atomic E-state index is 13.3. The van der Waals surface area contributed by atoms with Gasteiger partial charge in [0.05, 0.1) is 11.0 Å². The molecule has 1 aliphatic carbocycles. The molecule has 0 bridgehead atoms. The summed E-state index contributed by atoms with van der Waals surface area (Å²) in [7, 11) is 1.97. The Labute approximate surface area is 184 Å². The molecule has 5 nitrogen and oxygen atoms in total. The SMILES string of the molecule is Cc1nc2ccccc2n1-c1cccc(C(=O)N(C)C2CCN(C3CCCC3)CC2)c1. The standard InChI is InChI=1S/C26H32N4O/c1-19-27-24-12-5-6-13-25(24)30(19)23-11-7-8-20(18-23)26(31)28(2)21-14-16-29(17-15-21)22-9-3-4-10-22/h5-8,11-13,18,21-22H,3-4,9-10,14-17H2,1-2H3. The molecule has 1 aromatic heterocycles. The van der Waals surface area contributed by atoms with Crippen LogP contribution in [0.25, 0.3) is 16.7 Å². The number of fused-ring (bicyclic) bond motifs is 1. The van der Waals surface area contributed by atoms with Gasteiger partial charge in [0.15, 0.2) is 0 Å². The van der Waals surface area contributed by atoms with Crippen LogP contribution in [0.5, 0.6) is 0 Å². The first-order chi connectivity index (χ1) is 15.1. The molecule has 1 aliphatic heterocycles. The second-order valence-electron chi connectivity index (χ2n) is 9.15. The third-order valence-electron chi connectivity index (χ3n) is 7.29. The van der Waals surface area contributed by atoms with Gasteiger partial charge in [-0.2, -0.15) is 0 Å². The highest BCUT2D eigenvalue weighted by atomic mass is 16.2. The Balaban J connectivity index is 1.32. The number of rotatable bonds is 4. The van der Waals surface area contributed by atoms with Gasteiger partial charge in [0.25, 0.3) is 5.91 Å². The number of aryl methyl sites for hydroxylation is 1. The van der Waals surface area contributed by atoms with Gasteiger partial charge in [0, 0.05) is 43.5 Å². The number of carbonyl (C=O) groups is 1. The van der Waals surface area contributed by atoms with Gasteiger partial charge in [0.1, 0.15) is 5.82 Å². The second-order valence-corrected chi connectivity index (χ2v) is 9.15. The van der Waals surface area contributed by atoms with E-state index in [0.29, 0.717) is 6.04 Å². The van der Waals surface area contributed by atoms with E-state index in [1.54, 1.807) is 0 Å². The van der Waals surface area contributed by atoms with Crippen LogP contribution in [-0.2, 0) is 0 Å². The first-order valence-corrected chi connectivity index (χ1v) is 11.7. The van der Waals surface area contributed by atoms with Crippen LogP contribution in [-0.4, -0.2) is 57.5 Å². The molecule has 3 aromatic rings.